The van der Waals surface area contributed by atoms with Crippen molar-refractivity contribution < 1.29 is 4.74 Å². The standard InChI is InChI=1S/C19H30N6OS.HI/c1-20-17(21-13-16-14-24-9-12-27-18(24)23-16)22-15-19(5-3-2-4-6-19)25-7-10-26-11-8-25;/h9,12,14H,2-8,10-11,13,15H2,1H3,(H2,20,21,22);1H. The first-order valence-electron chi connectivity index (χ1n) is 9.97. The predicted octanol–water partition coefficient (Wildman–Crippen LogP) is 2.71. The van der Waals surface area contributed by atoms with Crippen molar-refractivity contribution in [3.8, 4) is 0 Å². The third kappa shape index (κ3) is 4.98. The van der Waals surface area contributed by atoms with Crippen LogP contribution < -0.4 is 10.6 Å². The normalized spacial score (nSPS) is 20.7. The van der Waals surface area contributed by atoms with Crippen LogP contribution in [0.1, 0.15) is 37.8 Å². The Bertz CT molecular complexity index is 735. The lowest BCUT2D eigenvalue weighted by Crippen LogP contribution is -2.60. The van der Waals surface area contributed by atoms with Crippen molar-refractivity contribution in [3.05, 3.63) is 23.5 Å². The van der Waals surface area contributed by atoms with Gasteiger partial charge in [-0.05, 0) is 12.8 Å². The molecule has 2 aromatic heterocycles. The molecule has 0 amide bonds. The molecule has 0 aromatic carbocycles. The smallest absolute Gasteiger partial charge is 0.193 e. The molecule has 1 saturated carbocycles. The summed E-state index contributed by atoms with van der Waals surface area (Å²) in [6.45, 7) is 5.40. The van der Waals surface area contributed by atoms with Gasteiger partial charge in [0, 0.05) is 50.0 Å². The number of rotatable bonds is 5. The fraction of sp³-hybridized carbons (Fsp3) is 0.684. The Morgan fingerprint density at radius 1 is 1.25 bits per heavy atom. The number of aromatic nitrogens is 2. The van der Waals surface area contributed by atoms with Crippen molar-refractivity contribution >= 4 is 46.2 Å². The molecule has 2 aromatic rings. The average molecular weight is 518 g/mol. The zero-order chi connectivity index (χ0) is 18.5. The highest BCUT2D eigenvalue weighted by Gasteiger charge is 2.38. The van der Waals surface area contributed by atoms with Gasteiger partial charge in [-0.2, -0.15) is 0 Å². The van der Waals surface area contributed by atoms with E-state index in [2.05, 4.69) is 41.5 Å². The molecule has 0 bridgehead atoms. The molecular weight excluding hydrogens is 487 g/mol. The van der Waals surface area contributed by atoms with Gasteiger partial charge in [0.25, 0.3) is 0 Å². The molecular formula is C19H31IN6OS. The van der Waals surface area contributed by atoms with E-state index in [1.807, 2.05) is 13.2 Å². The molecule has 0 unspecified atom stereocenters. The molecule has 156 valence electrons. The van der Waals surface area contributed by atoms with E-state index in [-0.39, 0.29) is 29.5 Å². The minimum absolute atomic E-state index is 0. The van der Waals surface area contributed by atoms with Crippen molar-refractivity contribution in [2.75, 3.05) is 39.9 Å². The number of morpholine rings is 1. The number of aliphatic imine (C=N–C) groups is 1. The Kier molecular flexibility index (Phi) is 7.95. The van der Waals surface area contributed by atoms with Crippen molar-refractivity contribution in [1.29, 1.82) is 0 Å². The van der Waals surface area contributed by atoms with E-state index >= 15 is 0 Å². The summed E-state index contributed by atoms with van der Waals surface area (Å²) in [6.07, 6.45) is 10.6. The third-order valence-corrected chi connectivity index (χ3v) is 6.63. The summed E-state index contributed by atoms with van der Waals surface area (Å²) in [5.74, 6) is 0.851. The zero-order valence-corrected chi connectivity index (χ0v) is 19.7. The predicted molar refractivity (Wildman–Crippen MR) is 125 cm³/mol. The second kappa shape index (κ2) is 10.2. The Balaban J connectivity index is 0.00000225. The third-order valence-electron chi connectivity index (χ3n) is 5.85. The molecule has 4 rings (SSSR count). The van der Waals surface area contributed by atoms with E-state index in [9.17, 15) is 0 Å². The van der Waals surface area contributed by atoms with Crippen LogP contribution in [-0.4, -0.2) is 65.7 Å². The second-order valence-electron chi connectivity index (χ2n) is 7.49. The first kappa shape index (κ1) is 21.8. The number of ether oxygens (including phenoxy) is 1. The van der Waals surface area contributed by atoms with Gasteiger partial charge >= 0.3 is 0 Å². The van der Waals surface area contributed by atoms with Gasteiger partial charge in [0.05, 0.1) is 25.5 Å². The molecule has 1 aliphatic carbocycles. The molecule has 9 heteroatoms. The van der Waals surface area contributed by atoms with E-state index < -0.39 is 0 Å². The fourth-order valence-electron chi connectivity index (χ4n) is 4.36. The maximum absolute atomic E-state index is 5.58. The Labute approximate surface area is 188 Å². The molecule has 1 aliphatic heterocycles. The minimum Gasteiger partial charge on any atom is -0.379 e. The molecule has 2 fully saturated rings. The van der Waals surface area contributed by atoms with Crippen LogP contribution in [0.5, 0.6) is 0 Å². The molecule has 2 aliphatic rings. The highest BCUT2D eigenvalue weighted by molar-refractivity contribution is 14.0. The summed E-state index contributed by atoms with van der Waals surface area (Å²) in [7, 11) is 1.84. The Morgan fingerprint density at radius 2 is 2.04 bits per heavy atom. The maximum atomic E-state index is 5.58. The SMILES string of the molecule is CN=C(NCc1cn2ccsc2n1)NCC1(N2CCOCC2)CCCCC1.I. The number of fused-ring (bicyclic) bond motifs is 1. The second-order valence-corrected chi connectivity index (χ2v) is 8.36. The summed E-state index contributed by atoms with van der Waals surface area (Å²) in [6, 6.07) is 0. The summed E-state index contributed by atoms with van der Waals surface area (Å²) in [5, 5.41) is 9.07. The van der Waals surface area contributed by atoms with Crippen LogP contribution in [0.3, 0.4) is 0 Å². The summed E-state index contributed by atoms with van der Waals surface area (Å²) < 4.78 is 7.64. The topological polar surface area (TPSA) is 66.2 Å². The number of hydrogen-bond donors (Lipinski definition) is 2. The van der Waals surface area contributed by atoms with Gasteiger partial charge in [0.1, 0.15) is 0 Å². The van der Waals surface area contributed by atoms with Gasteiger partial charge in [0.15, 0.2) is 10.9 Å². The largest absolute Gasteiger partial charge is 0.379 e. The van der Waals surface area contributed by atoms with Crippen LogP contribution in [0.4, 0.5) is 0 Å². The Hall–Kier alpha value is -0.910. The number of nitrogens with zero attached hydrogens (tertiary/aromatic N) is 4. The lowest BCUT2D eigenvalue weighted by atomic mass is 9.80. The quantitative estimate of drug-likeness (QED) is 0.362. The molecule has 1 saturated heterocycles. The molecule has 3 heterocycles. The minimum atomic E-state index is 0. The average Bonchev–Trinajstić information content (AvgIpc) is 3.31. The lowest BCUT2D eigenvalue weighted by molar-refractivity contribution is -0.0352. The monoisotopic (exact) mass is 518 g/mol. The maximum Gasteiger partial charge on any atom is 0.193 e. The van der Waals surface area contributed by atoms with Crippen LogP contribution in [0.2, 0.25) is 0 Å². The highest BCUT2D eigenvalue weighted by atomic mass is 127. The summed E-state index contributed by atoms with van der Waals surface area (Å²) >= 11 is 1.65. The first-order chi connectivity index (χ1) is 13.3. The van der Waals surface area contributed by atoms with Gasteiger partial charge in [-0.25, -0.2) is 4.98 Å². The summed E-state index contributed by atoms with van der Waals surface area (Å²) in [4.78, 5) is 12.7. The number of guanidine groups is 1. The van der Waals surface area contributed by atoms with Crippen LogP contribution in [-0.2, 0) is 11.3 Å². The number of hydrogen-bond acceptors (Lipinski definition) is 5. The molecule has 0 radical (unpaired) electrons. The van der Waals surface area contributed by atoms with E-state index in [0.29, 0.717) is 6.54 Å². The van der Waals surface area contributed by atoms with E-state index in [1.165, 1.54) is 32.1 Å². The van der Waals surface area contributed by atoms with Crippen LogP contribution in [0.15, 0.2) is 22.8 Å². The van der Waals surface area contributed by atoms with E-state index in [1.54, 1.807) is 11.3 Å². The number of nitrogens with one attached hydrogen (secondary N) is 2. The van der Waals surface area contributed by atoms with Crippen molar-refractivity contribution in [3.63, 3.8) is 0 Å². The van der Waals surface area contributed by atoms with Gasteiger partial charge < -0.3 is 15.4 Å². The molecule has 0 atom stereocenters. The van der Waals surface area contributed by atoms with Crippen molar-refractivity contribution in [2.45, 2.75) is 44.2 Å². The zero-order valence-electron chi connectivity index (χ0n) is 16.5. The van der Waals surface area contributed by atoms with Gasteiger partial charge in [-0.15, -0.1) is 35.3 Å². The molecule has 28 heavy (non-hydrogen) atoms. The highest BCUT2D eigenvalue weighted by Crippen LogP contribution is 2.33. The number of imidazole rings is 1. The van der Waals surface area contributed by atoms with E-state index in [0.717, 1.165) is 49.5 Å². The molecule has 7 nitrogen and oxygen atoms in total. The lowest BCUT2D eigenvalue weighted by Gasteiger charge is -2.48. The van der Waals surface area contributed by atoms with Gasteiger partial charge in [0.2, 0.25) is 0 Å². The number of halogens is 1. The number of thiazole rings is 1. The Morgan fingerprint density at radius 3 is 2.75 bits per heavy atom. The molecule has 2 N–H and O–H groups in total. The van der Waals surface area contributed by atoms with Gasteiger partial charge in [-0.1, -0.05) is 19.3 Å². The van der Waals surface area contributed by atoms with E-state index in [4.69, 9.17) is 4.74 Å². The van der Waals surface area contributed by atoms with Crippen molar-refractivity contribution in [2.24, 2.45) is 4.99 Å². The van der Waals surface area contributed by atoms with Crippen LogP contribution >= 0.6 is 35.3 Å². The van der Waals surface area contributed by atoms with Crippen LogP contribution in [0, 0.1) is 0 Å². The first-order valence-corrected chi connectivity index (χ1v) is 10.9. The summed E-state index contributed by atoms with van der Waals surface area (Å²) in [5.41, 5.74) is 1.27. The molecule has 0 spiro atoms. The van der Waals surface area contributed by atoms with Crippen molar-refractivity contribution in [1.82, 2.24) is 24.9 Å². The fourth-order valence-corrected chi connectivity index (χ4v) is 5.08. The van der Waals surface area contributed by atoms with Crippen LogP contribution in [0.25, 0.3) is 4.96 Å². The van der Waals surface area contributed by atoms with Gasteiger partial charge in [-0.3, -0.25) is 14.3 Å².